The second-order valence-electron chi connectivity index (χ2n) is 4.86. The van der Waals surface area contributed by atoms with Crippen molar-refractivity contribution in [2.75, 3.05) is 11.9 Å². The van der Waals surface area contributed by atoms with Gasteiger partial charge in [0.15, 0.2) is 0 Å². The summed E-state index contributed by atoms with van der Waals surface area (Å²) in [5.74, 6) is 0.978. The lowest BCUT2D eigenvalue weighted by molar-refractivity contribution is -0.384. The molecular weight excluding hydrogens is 268 g/mol. The van der Waals surface area contributed by atoms with Crippen LogP contribution in [0, 0.1) is 10.1 Å². The van der Waals surface area contributed by atoms with Gasteiger partial charge in [0.1, 0.15) is 11.5 Å². The lowest BCUT2D eigenvalue weighted by Crippen LogP contribution is -2.06. The third kappa shape index (κ3) is 3.59. The predicted molar refractivity (Wildman–Crippen MR) is 82.6 cm³/mol. The average Bonchev–Trinajstić information content (AvgIpc) is 2.92. The van der Waals surface area contributed by atoms with E-state index in [1.807, 2.05) is 30.7 Å². The van der Waals surface area contributed by atoms with Gasteiger partial charge >= 0.3 is 0 Å². The first-order valence-corrected chi connectivity index (χ1v) is 7.16. The van der Waals surface area contributed by atoms with Gasteiger partial charge in [0.2, 0.25) is 0 Å². The highest BCUT2D eigenvalue weighted by molar-refractivity contribution is 5.62. The second kappa shape index (κ2) is 6.88. The van der Waals surface area contributed by atoms with Crippen LogP contribution in [0.3, 0.4) is 0 Å². The maximum Gasteiger partial charge on any atom is 0.292 e. The van der Waals surface area contributed by atoms with E-state index in [0.717, 1.165) is 30.8 Å². The molecule has 112 valence electrons. The van der Waals surface area contributed by atoms with Gasteiger partial charge in [-0.2, -0.15) is 0 Å². The van der Waals surface area contributed by atoms with Gasteiger partial charge in [0.05, 0.1) is 4.92 Å². The van der Waals surface area contributed by atoms with E-state index >= 15 is 0 Å². The fraction of sp³-hybridized carbons (Fsp3) is 0.400. The molecule has 2 aromatic rings. The first-order chi connectivity index (χ1) is 10.2. The molecule has 0 bridgehead atoms. The second-order valence-corrected chi connectivity index (χ2v) is 4.86. The summed E-state index contributed by atoms with van der Waals surface area (Å²) in [7, 11) is 0. The molecule has 0 fully saturated rings. The largest absolute Gasteiger partial charge is 0.380 e. The molecule has 6 nitrogen and oxygen atoms in total. The van der Waals surface area contributed by atoms with Crippen molar-refractivity contribution in [1.82, 2.24) is 9.55 Å². The maximum atomic E-state index is 11.2. The van der Waals surface area contributed by atoms with Crippen molar-refractivity contribution in [2.45, 2.75) is 33.2 Å². The molecule has 1 heterocycles. The van der Waals surface area contributed by atoms with Gasteiger partial charge in [-0.05, 0) is 18.1 Å². The van der Waals surface area contributed by atoms with Gasteiger partial charge in [-0.25, -0.2) is 4.98 Å². The predicted octanol–water partition coefficient (Wildman–Crippen LogP) is 3.22. The Bertz CT molecular complexity index is 622. The van der Waals surface area contributed by atoms with Crippen molar-refractivity contribution < 1.29 is 4.92 Å². The van der Waals surface area contributed by atoms with Crippen LogP contribution in [0.1, 0.15) is 31.7 Å². The lowest BCUT2D eigenvalue weighted by Gasteiger charge is -2.09. The fourth-order valence-electron chi connectivity index (χ4n) is 2.23. The van der Waals surface area contributed by atoms with E-state index < -0.39 is 0 Å². The third-order valence-electron chi connectivity index (χ3n) is 3.30. The van der Waals surface area contributed by atoms with E-state index in [0.29, 0.717) is 12.2 Å². The normalized spacial score (nSPS) is 10.6. The molecule has 0 aliphatic heterocycles. The standard InChI is InChI=1S/C15H20N4O2/c1-3-7-16-13-6-5-12(10-14(13)19(20)21)11-18-9-8-17-15(18)4-2/h5-6,8-10,16H,3-4,7,11H2,1-2H3. The number of nitro benzene ring substituents is 1. The van der Waals surface area contributed by atoms with E-state index in [1.54, 1.807) is 18.3 Å². The number of benzene rings is 1. The number of hydrogen-bond acceptors (Lipinski definition) is 4. The number of anilines is 1. The van der Waals surface area contributed by atoms with Gasteiger partial charge in [-0.15, -0.1) is 0 Å². The smallest absolute Gasteiger partial charge is 0.292 e. The first kappa shape index (κ1) is 15.0. The molecule has 0 amide bonds. The fourth-order valence-corrected chi connectivity index (χ4v) is 2.23. The summed E-state index contributed by atoms with van der Waals surface area (Å²) in [6.45, 7) is 5.39. The summed E-state index contributed by atoms with van der Waals surface area (Å²) in [5, 5.41) is 14.3. The number of aryl methyl sites for hydroxylation is 1. The minimum absolute atomic E-state index is 0.124. The van der Waals surface area contributed by atoms with E-state index in [1.165, 1.54) is 0 Å². The molecule has 6 heteroatoms. The van der Waals surface area contributed by atoms with E-state index in [-0.39, 0.29) is 10.6 Å². The van der Waals surface area contributed by atoms with Crippen molar-refractivity contribution in [1.29, 1.82) is 0 Å². The molecule has 0 saturated heterocycles. The summed E-state index contributed by atoms with van der Waals surface area (Å²) >= 11 is 0. The lowest BCUT2D eigenvalue weighted by atomic mass is 10.1. The van der Waals surface area contributed by atoms with Crippen LogP contribution in [0.15, 0.2) is 30.6 Å². The van der Waals surface area contributed by atoms with Crippen molar-refractivity contribution in [3.05, 3.63) is 52.1 Å². The van der Waals surface area contributed by atoms with Gasteiger partial charge in [-0.3, -0.25) is 10.1 Å². The van der Waals surface area contributed by atoms with Crippen LogP contribution in [0.2, 0.25) is 0 Å². The quantitative estimate of drug-likeness (QED) is 0.627. The Morgan fingerprint density at radius 2 is 2.19 bits per heavy atom. The molecule has 0 aliphatic rings. The molecular formula is C15H20N4O2. The van der Waals surface area contributed by atoms with Crippen LogP contribution in [0.25, 0.3) is 0 Å². The SMILES string of the molecule is CCCNc1ccc(Cn2ccnc2CC)cc1[N+](=O)[O-]. The van der Waals surface area contributed by atoms with Gasteiger partial charge in [-0.1, -0.05) is 19.9 Å². The summed E-state index contributed by atoms with van der Waals surface area (Å²) in [6.07, 6.45) is 5.41. The minimum atomic E-state index is -0.337. The third-order valence-corrected chi connectivity index (χ3v) is 3.30. The Labute approximate surface area is 124 Å². The summed E-state index contributed by atoms with van der Waals surface area (Å²) < 4.78 is 2.01. The van der Waals surface area contributed by atoms with Crippen molar-refractivity contribution in [3.63, 3.8) is 0 Å². The van der Waals surface area contributed by atoms with Crippen molar-refractivity contribution in [3.8, 4) is 0 Å². The summed E-state index contributed by atoms with van der Waals surface area (Å²) in [6, 6.07) is 5.34. The van der Waals surface area contributed by atoms with E-state index in [4.69, 9.17) is 0 Å². The summed E-state index contributed by atoms with van der Waals surface area (Å²) in [4.78, 5) is 15.1. The van der Waals surface area contributed by atoms with Gasteiger partial charge in [0.25, 0.3) is 5.69 Å². The highest BCUT2D eigenvalue weighted by Crippen LogP contribution is 2.26. The Hall–Kier alpha value is -2.37. The van der Waals surface area contributed by atoms with E-state index in [9.17, 15) is 10.1 Å². The number of nitrogens with zero attached hydrogens (tertiary/aromatic N) is 3. The van der Waals surface area contributed by atoms with Crippen molar-refractivity contribution >= 4 is 11.4 Å². The zero-order valence-corrected chi connectivity index (χ0v) is 12.4. The monoisotopic (exact) mass is 288 g/mol. The van der Waals surface area contributed by atoms with Crippen LogP contribution in [-0.4, -0.2) is 21.0 Å². The molecule has 0 radical (unpaired) electrons. The topological polar surface area (TPSA) is 73.0 Å². The number of imidazole rings is 1. The van der Waals surface area contributed by atoms with E-state index in [2.05, 4.69) is 10.3 Å². The highest BCUT2D eigenvalue weighted by atomic mass is 16.6. The van der Waals surface area contributed by atoms with Crippen LogP contribution >= 0.6 is 0 Å². The van der Waals surface area contributed by atoms with Crippen LogP contribution in [0.5, 0.6) is 0 Å². The number of nitrogens with one attached hydrogen (secondary N) is 1. The van der Waals surface area contributed by atoms with Crippen molar-refractivity contribution in [2.24, 2.45) is 0 Å². The Morgan fingerprint density at radius 3 is 2.86 bits per heavy atom. The zero-order valence-electron chi connectivity index (χ0n) is 12.4. The number of nitro groups is 1. The molecule has 21 heavy (non-hydrogen) atoms. The molecule has 1 aromatic carbocycles. The maximum absolute atomic E-state index is 11.2. The zero-order chi connectivity index (χ0) is 15.2. The molecule has 0 saturated carbocycles. The Balaban J connectivity index is 2.25. The molecule has 1 N–H and O–H groups in total. The minimum Gasteiger partial charge on any atom is -0.380 e. The van der Waals surface area contributed by atoms with Crippen LogP contribution < -0.4 is 5.32 Å². The van der Waals surface area contributed by atoms with Gasteiger partial charge < -0.3 is 9.88 Å². The molecule has 0 unspecified atom stereocenters. The summed E-state index contributed by atoms with van der Waals surface area (Å²) in [5.41, 5.74) is 1.60. The first-order valence-electron chi connectivity index (χ1n) is 7.16. The Morgan fingerprint density at radius 1 is 1.38 bits per heavy atom. The molecule has 2 rings (SSSR count). The number of rotatable bonds is 7. The van der Waals surface area contributed by atoms with Crippen LogP contribution in [0.4, 0.5) is 11.4 Å². The molecule has 0 spiro atoms. The molecule has 1 aromatic heterocycles. The number of aromatic nitrogens is 2. The highest BCUT2D eigenvalue weighted by Gasteiger charge is 2.14. The molecule has 0 atom stereocenters. The average molecular weight is 288 g/mol. The Kier molecular flexibility index (Phi) is 4.92. The molecule has 0 aliphatic carbocycles. The number of hydrogen-bond donors (Lipinski definition) is 1. The van der Waals surface area contributed by atoms with Gasteiger partial charge in [0, 0.05) is 38.0 Å². The van der Waals surface area contributed by atoms with Crippen LogP contribution in [-0.2, 0) is 13.0 Å².